The Bertz CT molecular complexity index is 1250. The zero-order chi connectivity index (χ0) is 23.3. The van der Waals surface area contributed by atoms with E-state index in [1.54, 1.807) is 11.8 Å². The van der Waals surface area contributed by atoms with Crippen molar-refractivity contribution in [2.75, 3.05) is 43.5 Å². The van der Waals surface area contributed by atoms with Gasteiger partial charge in [0.05, 0.1) is 31.3 Å². The van der Waals surface area contributed by atoms with E-state index in [9.17, 15) is 4.79 Å². The highest BCUT2D eigenvalue weighted by Gasteiger charge is 2.20. The lowest BCUT2D eigenvalue weighted by molar-refractivity contribution is 0.0952. The van der Waals surface area contributed by atoms with Crippen molar-refractivity contribution in [3.05, 3.63) is 60.6 Å². The molecule has 1 aliphatic rings. The second-order valence-electron chi connectivity index (χ2n) is 7.86. The van der Waals surface area contributed by atoms with Crippen molar-refractivity contribution in [2.24, 2.45) is 0 Å². The smallest absolute Gasteiger partial charge is 0.251 e. The number of ether oxygens (including phenoxy) is 1. The predicted molar refractivity (Wildman–Crippen MR) is 133 cm³/mol. The first-order valence-corrected chi connectivity index (χ1v) is 12.4. The predicted octanol–water partition coefficient (Wildman–Crippen LogP) is 3.00. The molecule has 1 N–H and O–H groups in total. The molecule has 1 aliphatic heterocycles. The summed E-state index contributed by atoms with van der Waals surface area (Å²) in [6, 6.07) is 11.5. The fourth-order valence-electron chi connectivity index (χ4n) is 3.96. The molecule has 4 aromatic rings. The molecule has 0 atom stereocenters. The minimum atomic E-state index is -0.110. The van der Waals surface area contributed by atoms with Crippen LogP contribution in [-0.4, -0.2) is 68.8 Å². The Balaban J connectivity index is 1.28. The third-order valence-electron chi connectivity index (χ3n) is 5.68. The minimum absolute atomic E-state index is 0.110. The number of carbonyl (C=O) groups is 1. The molecule has 1 saturated heterocycles. The number of morpholine rings is 1. The van der Waals surface area contributed by atoms with E-state index in [4.69, 9.17) is 14.7 Å². The van der Waals surface area contributed by atoms with Crippen molar-refractivity contribution < 1.29 is 9.53 Å². The van der Waals surface area contributed by atoms with Gasteiger partial charge in [-0.2, -0.15) is 5.10 Å². The normalized spacial score (nSPS) is 14.0. The standard InChI is InChI=1S/C24H27N7O2S/c1-2-34-24-27-21(30-13-15-33-16-14-30)20-17-26-31(22(20)28-24)12-9-25-23(32)18-5-7-19(8-6-18)29-10-3-4-11-29/h3-8,10-11,17H,2,9,12-16H2,1H3,(H,25,32). The maximum absolute atomic E-state index is 12.6. The molecule has 1 aromatic carbocycles. The van der Waals surface area contributed by atoms with Crippen LogP contribution in [0.1, 0.15) is 17.3 Å². The largest absolute Gasteiger partial charge is 0.378 e. The number of hydrogen-bond acceptors (Lipinski definition) is 7. The van der Waals surface area contributed by atoms with Gasteiger partial charge in [-0.25, -0.2) is 14.6 Å². The molecule has 9 nitrogen and oxygen atoms in total. The molecule has 0 aliphatic carbocycles. The Kier molecular flexibility index (Phi) is 6.77. The maximum atomic E-state index is 12.6. The summed E-state index contributed by atoms with van der Waals surface area (Å²) in [4.78, 5) is 24.4. The van der Waals surface area contributed by atoms with Gasteiger partial charge in [0.25, 0.3) is 5.91 Å². The zero-order valence-corrected chi connectivity index (χ0v) is 19.9. The van der Waals surface area contributed by atoms with Gasteiger partial charge in [0, 0.05) is 43.3 Å². The molecule has 0 saturated carbocycles. The van der Waals surface area contributed by atoms with Crippen LogP contribution in [0.4, 0.5) is 5.82 Å². The van der Waals surface area contributed by atoms with Crippen LogP contribution in [0, 0.1) is 0 Å². The summed E-state index contributed by atoms with van der Waals surface area (Å²) in [5, 5.41) is 9.21. The fraction of sp³-hybridized carbons (Fsp3) is 0.333. The second-order valence-corrected chi connectivity index (χ2v) is 9.09. The number of hydrogen-bond donors (Lipinski definition) is 1. The van der Waals surface area contributed by atoms with Crippen LogP contribution in [0.15, 0.2) is 60.1 Å². The number of aromatic nitrogens is 5. The Morgan fingerprint density at radius 3 is 2.62 bits per heavy atom. The van der Waals surface area contributed by atoms with Crippen LogP contribution in [0.3, 0.4) is 0 Å². The van der Waals surface area contributed by atoms with Crippen molar-refractivity contribution in [2.45, 2.75) is 18.6 Å². The molecule has 4 heterocycles. The molecule has 3 aromatic heterocycles. The molecule has 176 valence electrons. The Hall–Kier alpha value is -3.37. The molecule has 1 fully saturated rings. The molecule has 34 heavy (non-hydrogen) atoms. The van der Waals surface area contributed by atoms with Gasteiger partial charge in [-0.1, -0.05) is 18.7 Å². The number of nitrogens with one attached hydrogen (secondary N) is 1. The quantitative estimate of drug-likeness (QED) is 0.308. The van der Waals surface area contributed by atoms with Gasteiger partial charge in [0.1, 0.15) is 5.82 Å². The van der Waals surface area contributed by atoms with E-state index in [0.29, 0.717) is 31.9 Å². The van der Waals surface area contributed by atoms with Gasteiger partial charge >= 0.3 is 0 Å². The lowest BCUT2D eigenvalue weighted by Crippen LogP contribution is -2.37. The summed E-state index contributed by atoms with van der Waals surface area (Å²) >= 11 is 1.61. The van der Waals surface area contributed by atoms with E-state index in [1.807, 2.05) is 64.2 Å². The number of anilines is 1. The van der Waals surface area contributed by atoms with Gasteiger partial charge in [-0.05, 0) is 42.2 Å². The van der Waals surface area contributed by atoms with E-state index < -0.39 is 0 Å². The number of rotatable bonds is 8. The molecule has 0 unspecified atom stereocenters. The summed E-state index contributed by atoms with van der Waals surface area (Å²) in [5.41, 5.74) is 2.43. The van der Waals surface area contributed by atoms with E-state index in [0.717, 1.165) is 46.5 Å². The van der Waals surface area contributed by atoms with Gasteiger partial charge < -0.3 is 19.5 Å². The number of thioether (sulfide) groups is 1. The van der Waals surface area contributed by atoms with Crippen molar-refractivity contribution >= 4 is 34.5 Å². The molecule has 0 spiro atoms. The average Bonchev–Trinajstić information content (AvgIpc) is 3.55. The van der Waals surface area contributed by atoms with Crippen LogP contribution in [0.5, 0.6) is 0 Å². The van der Waals surface area contributed by atoms with E-state index in [2.05, 4.69) is 22.2 Å². The highest BCUT2D eigenvalue weighted by Crippen LogP contribution is 2.27. The second kappa shape index (κ2) is 10.3. The number of benzene rings is 1. The first-order chi connectivity index (χ1) is 16.7. The van der Waals surface area contributed by atoms with Crippen LogP contribution >= 0.6 is 11.8 Å². The van der Waals surface area contributed by atoms with Crippen molar-refractivity contribution in [3.63, 3.8) is 0 Å². The highest BCUT2D eigenvalue weighted by molar-refractivity contribution is 7.99. The van der Waals surface area contributed by atoms with Gasteiger partial charge in [0.2, 0.25) is 0 Å². The molecular weight excluding hydrogens is 450 g/mol. The molecular formula is C24H27N7O2S. The number of carbonyl (C=O) groups excluding carboxylic acids is 1. The Morgan fingerprint density at radius 2 is 1.88 bits per heavy atom. The first-order valence-electron chi connectivity index (χ1n) is 11.4. The SMILES string of the molecule is CCSc1nc(N2CCOCC2)c2cnn(CCNC(=O)c3ccc(-n4cccc4)cc3)c2n1. The summed E-state index contributed by atoms with van der Waals surface area (Å²) in [7, 11) is 0. The van der Waals surface area contributed by atoms with E-state index >= 15 is 0 Å². The molecule has 0 bridgehead atoms. The Morgan fingerprint density at radius 1 is 1.12 bits per heavy atom. The zero-order valence-electron chi connectivity index (χ0n) is 19.1. The molecule has 0 radical (unpaired) electrons. The molecule has 5 rings (SSSR count). The monoisotopic (exact) mass is 477 g/mol. The minimum Gasteiger partial charge on any atom is -0.378 e. The molecule has 1 amide bonds. The van der Waals surface area contributed by atoms with Gasteiger partial charge in [-0.15, -0.1) is 0 Å². The van der Waals surface area contributed by atoms with Crippen LogP contribution in [0.25, 0.3) is 16.7 Å². The first kappa shape index (κ1) is 22.4. The summed E-state index contributed by atoms with van der Waals surface area (Å²) < 4.78 is 9.35. The van der Waals surface area contributed by atoms with Gasteiger partial charge in [0.15, 0.2) is 10.8 Å². The van der Waals surface area contributed by atoms with Crippen molar-refractivity contribution in [1.29, 1.82) is 0 Å². The van der Waals surface area contributed by atoms with Crippen LogP contribution < -0.4 is 10.2 Å². The Labute approximate surface area is 202 Å². The maximum Gasteiger partial charge on any atom is 0.251 e. The summed E-state index contributed by atoms with van der Waals surface area (Å²) in [5.74, 6) is 1.69. The van der Waals surface area contributed by atoms with Crippen LogP contribution in [-0.2, 0) is 11.3 Å². The average molecular weight is 478 g/mol. The lowest BCUT2D eigenvalue weighted by atomic mass is 10.2. The van der Waals surface area contributed by atoms with Crippen molar-refractivity contribution in [1.82, 2.24) is 29.6 Å². The molecule has 10 heteroatoms. The summed E-state index contributed by atoms with van der Waals surface area (Å²) in [6.07, 6.45) is 5.77. The number of fused-ring (bicyclic) bond motifs is 1. The summed E-state index contributed by atoms with van der Waals surface area (Å²) in [6.45, 7) is 6.03. The van der Waals surface area contributed by atoms with E-state index in [-0.39, 0.29) is 5.91 Å². The topological polar surface area (TPSA) is 90.1 Å². The highest BCUT2D eigenvalue weighted by atomic mass is 32.2. The third-order valence-corrected chi connectivity index (χ3v) is 6.41. The number of amides is 1. The van der Waals surface area contributed by atoms with Crippen molar-refractivity contribution in [3.8, 4) is 5.69 Å². The lowest BCUT2D eigenvalue weighted by Gasteiger charge is -2.28. The number of nitrogens with zero attached hydrogens (tertiary/aromatic N) is 6. The van der Waals surface area contributed by atoms with Crippen LogP contribution in [0.2, 0.25) is 0 Å². The fourth-order valence-corrected chi connectivity index (χ4v) is 4.52. The third kappa shape index (κ3) is 4.78. The van der Waals surface area contributed by atoms with E-state index in [1.165, 1.54) is 0 Å². The van der Waals surface area contributed by atoms with Gasteiger partial charge in [-0.3, -0.25) is 4.79 Å².